The molecule has 1 heterocycles. The van der Waals surface area contributed by atoms with Gasteiger partial charge in [0.15, 0.2) is 11.5 Å². The van der Waals surface area contributed by atoms with Crippen LogP contribution < -0.4 is 14.8 Å². The van der Waals surface area contributed by atoms with E-state index in [1.807, 2.05) is 12.1 Å². The molecule has 1 aliphatic rings. The predicted molar refractivity (Wildman–Crippen MR) is 136 cm³/mol. The van der Waals surface area contributed by atoms with Crippen molar-refractivity contribution in [3.63, 3.8) is 0 Å². The van der Waals surface area contributed by atoms with E-state index in [9.17, 15) is 9.18 Å². The molecule has 2 unspecified atom stereocenters. The summed E-state index contributed by atoms with van der Waals surface area (Å²) in [6.07, 6.45) is 1.52. The molecule has 0 saturated heterocycles. The first-order valence-electron chi connectivity index (χ1n) is 11.7. The number of carbonyl (C=O) groups excluding carboxylic acids is 1. The fourth-order valence-corrected chi connectivity index (χ4v) is 5.02. The highest BCUT2D eigenvalue weighted by atomic mass is 35.5. The van der Waals surface area contributed by atoms with E-state index in [4.69, 9.17) is 21.1 Å². The monoisotopic (exact) mass is 496 g/mol. The van der Waals surface area contributed by atoms with Crippen LogP contribution in [0, 0.1) is 5.82 Å². The lowest BCUT2D eigenvalue weighted by Gasteiger charge is -2.42. The van der Waals surface area contributed by atoms with Crippen molar-refractivity contribution in [2.75, 3.05) is 20.8 Å². The van der Waals surface area contributed by atoms with Crippen LogP contribution in [-0.4, -0.2) is 37.6 Å². The van der Waals surface area contributed by atoms with Gasteiger partial charge in [-0.25, -0.2) is 4.39 Å². The molecule has 5 nitrogen and oxygen atoms in total. The molecular formula is C28H30ClFN2O3. The average Bonchev–Trinajstić information content (AvgIpc) is 2.88. The predicted octanol–water partition coefficient (Wildman–Crippen LogP) is 5.80. The molecule has 35 heavy (non-hydrogen) atoms. The fraction of sp³-hybridized carbons (Fsp3) is 0.321. The van der Waals surface area contributed by atoms with Gasteiger partial charge in [-0.05, 0) is 65.9 Å². The normalized spacial score (nSPS) is 16.3. The Kier molecular flexibility index (Phi) is 7.93. The first-order chi connectivity index (χ1) is 16.9. The van der Waals surface area contributed by atoms with Gasteiger partial charge >= 0.3 is 0 Å². The first kappa shape index (κ1) is 25.0. The number of rotatable bonds is 8. The minimum absolute atomic E-state index is 0.125. The second-order valence-corrected chi connectivity index (χ2v) is 9.07. The number of nitrogens with one attached hydrogen (secondary N) is 1. The van der Waals surface area contributed by atoms with E-state index in [0.29, 0.717) is 35.1 Å². The van der Waals surface area contributed by atoms with Crippen molar-refractivity contribution in [2.45, 2.75) is 38.4 Å². The van der Waals surface area contributed by atoms with Crippen molar-refractivity contribution >= 4 is 17.5 Å². The Morgan fingerprint density at radius 2 is 1.80 bits per heavy atom. The highest BCUT2D eigenvalue weighted by molar-refractivity contribution is 6.33. The summed E-state index contributed by atoms with van der Waals surface area (Å²) in [6, 6.07) is 17.3. The van der Waals surface area contributed by atoms with Gasteiger partial charge in [-0.3, -0.25) is 9.69 Å². The molecule has 0 saturated carbocycles. The highest BCUT2D eigenvalue weighted by Gasteiger charge is 2.35. The van der Waals surface area contributed by atoms with Crippen molar-refractivity contribution in [1.82, 2.24) is 10.2 Å². The van der Waals surface area contributed by atoms with Crippen LogP contribution in [-0.2, 0) is 13.0 Å². The van der Waals surface area contributed by atoms with E-state index in [-0.39, 0.29) is 23.8 Å². The molecule has 0 bridgehead atoms. The van der Waals surface area contributed by atoms with E-state index < -0.39 is 0 Å². The Morgan fingerprint density at radius 3 is 2.46 bits per heavy atom. The largest absolute Gasteiger partial charge is 0.493 e. The number of hydrogen-bond donors (Lipinski definition) is 1. The third-order valence-corrected chi connectivity index (χ3v) is 6.91. The smallest absolute Gasteiger partial charge is 0.253 e. The van der Waals surface area contributed by atoms with Gasteiger partial charge in [0.25, 0.3) is 5.91 Å². The maximum atomic E-state index is 13.5. The van der Waals surface area contributed by atoms with Crippen LogP contribution in [0.5, 0.6) is 11.5 Å². The van der Waals surface area contributed by atoms with E-state index in [1.54, 1.807) is 50.6 Å². The lowest BCUT2D eigenvalue weighted by Crippen LogP contribution is -2.48. The van der Waals surface area contributed by atoms with Crippen LogP contribution in [0.2, 0.25) is 5.02 Å². The summed E-state index contributed by atoms with van der Waals surface area (Å²) >= 11 is 6.30. The zero-order valence-electron chi connectivity index (χ0n) is 20.2. The van der Waals surface area contributed by atoms with Crippen molar-refractivity contribution in [2.24, 2.45) is 0 Å². The molecule has 184 valence electrons. The van der Waals surface area contributed by atoms with Gasteiger partial charge in [-0.2, -0.15) is 0 Å². The van der Waals surface area contributed by atoms with Gasteiger partial charge in [-0.1, -0.05) is 42.8 Å². The summed E-state index contributed by atoms with van der Waals surface area (Å²) in [4.78, 5) is 15.6. The molecule has 0 fully saturated rings. The minimum Gasteiger partial charge on any atom is -0.493 e. The molecule has 7 heteroatoms. The van der Waals surface area contributed by atoms with Crippen molar-refractivity contribution in [1.29, 1.82) is 0 Å². The molecule has 0 aliphatic carbocycles. The number of ether oxygens (including phenoxy) is 2. The van der Waals surface area contributed by atoms with Crippen LogP contribution in [0.25, 0.3) is 0 Å². The molecule has 0 radical (unpaired) electrons. The summed E-state index contributed by atoms with van der Waals surface area (Å²) in [7, 11) is 3.25. The Bertz CT molecular complexity index is 1190. The number of methoxy groups -OCH3 is 2. The van der Waals surface area contributed by atoms with Crippen LogP contribution in [0.3, 0.4) is 0 Å². The van der Waals surface area contributed by atoms with Gasteiger partial charge in [0.1, 0.15) is 5.82 Å². The molecule has 3 aromatic carbocycles. The van der Waals surface area contributed by atoms with Gasteiger partial charge in [0.05, 0.1) is 30.8 Å². The topological polar surface area (TPSA) is 50.8 Å². The number of nitrogens with zero attached hydrogens (tertiary/aromatic N) is 1. The zero-order chi connectivity index (χ0) is 24.9. The van der Waals surface area contributed by atoms with Gasteiger partial charge in [0, 0.05) is 19.1 Å². The Labute approximate surface area is 210 Å². The Hall–Kier alpha value is -3.09. The number of benzene rings is 3. The molecule has 2 atom stereocenters. The number of hydrogen-bond acceptors (Lipinski definition) is 4. The quantitative estimate of drug-likeness (QED) is 0.428. The van der Waals surface area contributed by atoms with E-state index in [2.05, 4.69) is 17.1 Å². The zero-order valence-corrected chi connectivity index (χ0v) is 20.9. The van der Waals surface area contributed by atoms with Crippen molar-refractivity contribution in [3.8, 4) is 11.5 Å². The molecule has 1 N–H and O–H groups in total. The van der Waals surface area contributed by atoms with Crippen LogP contribution in [0.15, 0.2) is 60.7 Å². The number of carbonyl (C=O) groups is 1. The second-order valence-electron chi connectivity index (χ2n) is 8.67. The third-order valence-electron chi connectivity index (χ3n) is 6.58. The number of amides is 1. The lowest BCUT2D eigenvalue weighted by molar-refractivity contribution is 0.0859. The minimum atomic E-state index is -0.260. The highest BCUT2D eigenvalue weighted by Crippen LogP contribution is 2.40. The van der Waals surface area contributed by atoms with Crippen LogP contribution >= 0.6 is 11.6 Å². The maximum absolute atomic E-state index is 13.5. The number of fused-ring (bicyclic) bond motifs is 1. The van der Waals surface area contributed by atoms with Gasteiger partial charge in [0.2, 0.25) is 0 Å². The second kappa shape index (κ2) is 11.1. The standard InChI is InChI=1S/C28H30ClFN2O3/c1-4-24(31-28(33)21-7-5-6-8-23(21)29)27-22-16-26(35-3)25(34-2)15-19(22)13-14-32(27)17-18-9-11-20(30)12-10-18/h5-12,15-16,24,27H,4,13-14,17H2,1-3H3,(H,31,33). The summed E-state index contributed by atoms with van der Waals surface area (Å²) in [5.41, 5.74) is 3.70. The molecule has 4 rings (SSSR count). The fourth-order valence-electron chi connectivity index (χ4n) is 4.80. The van der Waals surface area contributed by atoms with Crippen molar-refractivity contribution in [3.05, 3.63) is 93.8 Å². The summed E-state index contributed by atoms with van der Waals surface area (Å²) in [5, 5.41) is 3.64. The van der Waals surface area contributed by atoms with Crippen molar-refractivity contribution < 1.29 is 18.7 Å². The summed E-state index contributed by atoms with van der Waals surface area (Å²) < 4.78 is 24.7. The van der Waals surface area contributed by atoms with E-state index >= 15 is 0 Å². The maximum Gasteiger partial charge on any atom is 0.253 e. The molecule has 1 amide bonds. The third kappa shape index (κ3) is 5.44. The average molecular weight is 497 g/mol. The number of halogens is 2. The van der Waals surface area contributed by atoms with Gasteiger partial charge < -0.3 is 14.8 Å². The van der Waals surface area contributed by atoms with Crippen LogP contribution in [0.1, 0.15) is 46.4 Å². The molecule has 1 aliphatic heterocycles. The van der Waals surface area contributed by atoms with E-state index in [0.717, 1.165) is 29.7 Å². The SMILES string of the molecule is CCC(NC(=O)c1ccccc1Cl)C1c2cc(OC)c(OC)cc2CCN1Cc1ccc(F)cc1. The van der Waals surface area contributed by atoms with Gasteiger partial charge in [-0.15, -0.1) is 0 Å². The molecular weight excluding hydrogens is 467 g/mol. The molecule has 0 spiro atoms. The molecule has 0 aromatic heterocycles. The van der Waals surface area contributed by atoms with E-state index in [1.165, 1.54) is 12.1 Å². The summed E-state index contributed by atoms with van der Waals surface area (Å²) in [5.74, 6) is 0.860. The van der Waals surface area contributed by atoms with Crippen LogP contribution in [0.4, 0.5) is 4.39 Å². The Morgan fingerprint density at radius 1 is 1.11 bits per heavy atom. The summed E-state index contributed by atoms with van der Waals surface area (Å²) in [6.45, 7) is 3.46. The molecule has 3 aromatic rings. The lowest BCUT2D eigenvalue weighted by atomic mass is 9.86. The first-order valence-corrected chi connectivity index (χ1v) is 12.1. The Balaban J connectivity index is 1.73.